The van der Waals surface area contributed by atoms with Crippen molar-refractivity contribution < 1.29 is 9.53 Å². The van der Waals surface area contributed by atoms with Gasteiger partial charge in [-0.15, -0.1) is 12.4 Å². The number of amides is 1. The Labute approximate surface area is 109 Å². The average Bonchev–Trinajstić information content (AvgIpc) is 2.78. The molecule has 2 atom stereocenters. The predicted octanol–water partition coefficient (Wildman–Crippen LogP) is 0.901. The van der Waals surface area contributed by atoms with Crippen LogP contribution in [0.3, 0.4) is 0 Å². The van der Waals surface area contributed by atoms with Gasteiger partial charge in [0.25, 0.3) is 0 Å². The largest absolute Gasteiger partial charge is 0.378 e. The van der Waals surface area contributed by atoms with Crippen molar-refractivity contribution in [3.8, 4) is 0 Å². The van der Waals surface area contributed by atoms with E-state index in [-0.39, 0.29) is 24.4 Å². The van der Waals surface area contributed by atoms with Crippen molar-refractivity contribution in [1.29, 1.82) is 0 Å². The molecule has 1 N–H and O–H groups in total. The number of ether oxygens (including phenoxy) is 1. The van der Waals surface area contributed by atoms with Crippen LogP contribution in [-0.4, -0.2) is 49.7 Å². The Morgan fingerprint density at radius 3 is 2.76 bits per heavy atom. The van der Waals surface area contributed by atoms with Crippen molar-refractivity contribution in [2.45, 2.75) is 26.3 Å². The number of hydrogen-bond acceptors (Lipinski definition) is 3. The molecule has 0 aliphatic carbocycles. The topological polar surface area (TPSA) is 41.6 Å². The van der Waals surface area contributed by atoms with Gasteiger partial charge in [-0.05, 0) is 18.3 Å². The van der Waals surface area contributed by atoms with Crippen molar-refractivity contribution in [3.63, 3.8) is 0 Å². The van der Waals surface area contributed by atoms with Gasteiger partial charge in [0.05, 0.1) is 13.2 Å². The zero-order valence-corrected chi connectivity index (χ0v) is 11.5. The van der Waals surface area contributed by atoms with Crippen LogP contribution in [0.25, 0.3) is 0 Å². The predicted molar refractivity (Wildman–Crippen MR) is 69.4 cm³/mol. The first-order valence-electron chi connectivity index (χ1n) is 6.28. The number of carbonyl (C=O) groups is 1. The van der Waals surface area contributed by atoms with Crippen LogP contribution in [0.2, 0.25) is 0 Å². The lowest BCUT2D eigenvalue weighted by Crippen LogP contribution is -2.52. The van der Waals surface area contributed by atoms with Crippen molar-refractivity contribution in [3.05, 3.63) is 0 Å². The minimum Gasteiger partial charge on any atom is -0.378 e. The van der Waals surface area contributed by atoms with Gasteiger partial charge in [-0.1, -0.05) is 13.8 Å². The van der Waals surface area contributed by atoms with Crippen LogP contribution in [0.1, 0.15) is 20.3 Å². The van der Waals surface area contributed by atoms with E-state index in [4.69, 9.17) is 4.74 Å². The van der Waals surface area contributed by atoms with E-state index >= 15 is 0 Å². The van der Waals surface area contributed by atoms with Gasteiger partial charge in [0.1, 0.15) is 6.04 Å². The third kappa shape index (κ3) is 3.57. The minimum absolute atomic E-state index is 0. The van der Waals surface area contributed by atoms with Crippen molar-refractivity contribution >= 4 is 18.3 Å². The number of halogens is 1. The molecule has 17 heavy (non-hydrogen) atoms. The van der Waals surface area contributed by atoms with Gasteiger partial charge >= 0.3 is 0 Å². The highest BCUT2D eigenvalue weighted by atomic mass is 35.5. The first-order valence-corrected chi connectivity index (χ1v) is 6.28. The summed E-state index contributed by atoms with van der Waals surface area (Å²) in [7, 11) is 0. The number of carbonyl (C=O) groups excluding carboxylic acids is 1. The van der Waals surface area contributed by atoms with E-state index in [0.29, 0.717) is 18.4 Å². The van der Waals surface area contributed by atoms with Gasteiger partial charge in [0, 0.05) is 19.6 Å². The van der Waals surface area contributed by atoms with E-state index in [9.17, 15) is 4.79 Å². The molecular formula is C12H23ClN2O2. The Morgan fingerprint density at radius 1 is 1.47 bits per heavy atom. The summed E-state index contributed by atoms with van der Waals surface area (Å²) in [5.41, 5.74) is 0. The summed E-state index contributed by atoms with van der Waals surface area (Å²) < 4.78 is 5.33. The molecule has 2 aliphatic rings. The van der Waals surface area contributed by atoms with Gasteiger partial charge in [0.15, 0.2) is 0 Å². The molecule has 2 saturated heterocycles. The first kappa shape index (κ1) is 14.7. The van der Waals surface area contributed by atoms with Crippen LogP contribution in [0, 0.1) is 11.8 Å². The quantitative estimate of drug-likeness (QED) is 0.804. The Kier molecular flexibility index (Phi) is 5.70. The maximum atomic E-state index is 12.2. The smallest absolute Gasteiger partial charge is 0.242 e. The number of likely N-dealkylation sites (tertiary alicyclic amines) is 1. The highest BCUT2D eigenvalue weighted by molar-refractivity contribution is 5.85. The highest BCUT2D eigenvalue weighted by Gasteiger charge is 2.32. The summed E-state index contributed by atoms with van der Waals surface area (Å²) in [4.78, 5) is 14.1. The molecule has 2 aliphatic heterocycles. The van der Waals surface area contributed by atoms with Crippen LogP contribution >= 0.6 is 12.4 Å². The lowest BCUT2D eigenvalue weighted by Gasteiger charge is -2.27. The standard InChI is InChI=1S/C12H22N2O2.ClH/c1-9(2)10-3-5-14(7-10)12(15)11-8-16-6-4-13-11;/h9-11,13H,3-8H2,1-2H3;1H. The lowest BCUT2D eigenvalue weighted by atomic mass is 9.95. The Bertz CT molecular complexity index is 255. The molecule has 2 rings (SSSR count). The van der Waals surface area contributed by atoms with Crippen LogP contribution < -0.4 is 5.32 Å². The van der Waals surface area contributed by atoms with E-state index in [1.165, 1.54) is 0 Å². The van der Waals surface area contributed by atoms with Gasteiger partial charge in [-0.3, -0.25) is 4.79 Å². The normalized spacial score (nSPS) is 29.2. The summed E-state index contributed by atoms with van der Waals surface area (Å²) in [5.74, 6) is 1.57. The van der Waals surface area contributed by atoms with Gasteiger partial charge < -0.3 is 15.0 Å². The minimum atomic E-state index is -0.111. The summed E-state index contributed by atoms with van der Waals surface area (Å²) in [6.45, 7) is 8.35. The summed E-state index contributed by atoms with van der Waals surface area (Å²) in [6.07, 6.45) is 1.15. The third-order valence-corrected chi connectivity index (χ3v) is 3.70. The molecule has 0 aromatic heterocycles. The molecule has 0 saturated carbocycles. The van der Waals surface area contributed by atoms with Crippen molar-refractivity contribution in [2.75, 3.05) is 32.8 Å². The van der Waals surface area contributed by atoms with E-state index in [1.807, 2.05) is 4.90 Å². The molecule has 0 bridgehead atoms. The second-order valence-corrected chi connectivity index (χ2v) is 5.16. The summed E-state index contributed by atoms with van der Waals surface area (Å²) >= 11 is 0. The number of rotatable bonds is 2. The molecule has 0 spiro atoms. The maximum Gasteiger partial charge on any atom is 0.242 e. The van der Waals surface area contributed by atoms with Gasteiger partial charge in [-0.25, -0.2) is 0 Å². The van der Waals surface area contributed by atoms with E-state index < -0.39 is 0 Å². The lowest BCUT2D eigenvalue weighted by molar-refractivity contribution is -0.135. The SMILES string of the molecule is CC(C)C1CCN(C(=O)C2COCCN2)C1.Cl. The van der Waals surface area contributed by atoms with Gasteiger partial charge in [-0.2, -0.15) is 0 Å². The maximum absolute atomic E-state index is 12.2. The van der Waals surface area contributed by atoms with E-state index in [1.54, 1.807) is 0 Å². The third-order valence-electron chi connectivity index (χ3n) is 3.70. The Hall–Kier alpha value is -0.320. The molecular weight excluding hydrogens is 240 g/mol. The van der Waals surface area contributed by atoms with Crippen LogP contribution in [0.4, 0.5) is 0 Å². The molecule has 0 aromatic carbocycles. The number of hydrogen-bond donors (Lipinski definition) is 1. The fraction of sp³-hybridized carbons (Fsp3) is 0.917. The summed E-state index contributed by atoms with van der Waals surface area (Å²) in [6, 6.07) is -0.111. The second kappa shape index (κ2) is 6.57. The monoisotopic (exact) mass is 262 g/mol. The Morgan fingerprint density at radius 2 is 2.24 bits per heavy atom. The van der Waals surface area contributed by atoms with Crippen LogP contribution in [0.15, 0.2) is 0 Å². The molecule has 1 amide bonds. The van der Waals surface area contributed by atoms with Crippen molar-refractivity contribution in [1.82, 2.24) is 10.2 Å². The highest BCUT2D eigenvalue weighted by Crippen LogP contribution is 2.24. The average molecular weight is 263 g/mol. The molecule has 100 valence electrons. The van der Waals surface area contributed by atoms with E-state index in [0.717, 1.165) is 32.7 Å². The Balaban J connectivity index is 0.00000144. The van der Waals surface area contributed by atoms with Crippen LogP contribution in [-0.2, 0) is 9.53 Å². The fourth-order valence-corrected chi connectivity index (χ4v) is 2.48. The molecule has 5 heteroatoms. The number of nitrogens with one attached hydrogen (secondary N) is 1. The molecule has 0 radical (unpaired) electrons. The fourth-order valence-electron chi connectivity index (χ4n) is 2.48. The van der Waals surface area contributed by atoms with E-state index in [2.05, 4.69) is 19.2 Å². The number of morpholine rings is 1. The molecule has 4 nitrogen and oxygen atoms in total. The molecule has 2 fully saturated rings. The van der Waals surface area contributed by atoms with Crippen molar-refractivity contribution in [2.24, 2.45) is 11.8 Å². The zero-order chi connectivity index (χ0) is 11.5. The van der Waals surface area contributed by atoms with Crippen LogP contribution in [0.5, 0.6) is 0 Å². The first-order chi connectivity index (χ1) is 7.68. The second-order valence-electron chi connectivity index (χ2n) is 5.16. The summed E-state index contributed by atoms with van der Waals surface area (Å²) in [5, 5.41) is 3.22. The number of nitrogens with zero attached hydrogens (tertiary/aromatic N) is 1. The molecule has 2 unspecified atom stereocenters. The van der Waals surface area contributed by atoms with Gasteiger partial charge in [0.2, 0.25) is 5.91 Å². The zero-order valence-electron chi connectivity index (χ0n) is 10.6. The molecule has 2 heterocycles. The molecule has 0 aromatic rings.